The van der Waals surface area contributed by atoms with Gasteiger partial charge in [0, 0.05) is 10.9 Å². The van der Waals surface area contributed by atoms with Crippen LogP contribution < -0.4 is 10.0 Å². The maximum atomic E-state index is 12.7. The third-order valence-electron chi connectivity index (χ3n) is 3.80. The predicted octanol–water partition coefficient (Wildman–Crippen LogP) is 3.81. The van der Waals surface area contributed by atoms with E-state index in [1.807, 2.05) is 35.7 Å². The van der Waals surface area contributed by atoms with Crippen molar-refractivity contribution in [3.05, 3.63) is 53.2 Å². The molecule has 0 fully saturated rings. The normalized spacial score (nSPS) is 12.9. The number of thiophene rings is 1. The first-order chi connectivity index (χ1) is 12.9. The molecule has 3 aromatic rings. The number of amides is 1. The molecule has 1 atom stereocenters. The molecule has 6 nitrogen and oxygen atoms in total. The SMILES string of the molecule is CC(C)C(NS(=O)(=O)c1cccs1)C(=O)Nc1nc(-c2ccccc2)cs1. The average molecular weight is 422 g/mol. The number of hydrogen-bond donors (Lipinski definition) is 2. The quantitative estimate of drug-likeness (QED) is 0.607. The van der Waals surface area contributed by atoms with Gasteiger partial charge in [0.15, 0.2) is 5.13 Å². The van der Waals surface area contributed by atoms with Crippen LogP contribution in [0.2, 0.25) is 0 Å². The zero-order chi connectivity index (χ0) is 19.4. The molecule has 0 aliphatic rings. The van der Waals surface area contributed by atoms with E-state index in [9.17, 15) is 13.2 Å². The third-order valence-corrected chi connectivity index (χ3v) is 7.39. The maximum Gasteiger partial charge on any atom is 0.250 e. The van der Waals surface area contributed by atoms with Crippen molar-refractivity contribution in [2.24, 2.45) is 5.92 Å². The highest BCUT2D eigenvalue weighted by Gasteiger charge is 2.29. The lowest BCUT2D eigenvalue weighted by Crippen LogP contribution is -2.46. The molecule has 9 heteroatoms. The van der Waals surface area contributed by atoms with Crippen LogP contribution in [-0.2, 0) is 14.8 Å². The van der Waals surface area contributed by atoms with Crippen molar-refractivity contribution in [1.82, 2.24) is 9.71 Å². The van der Waals surface area contributed by atoms with E-state index in [0.717, 1.165) is 22.6 Å². The second-order valence-corrected chi connectivity index (χ2v) is 9.91. The minimum absolute atomic E-state index is 0.182. The molecule has 1 unspecified atom stereocenters. The Kier molecular flexibility index (Phi) is 6.05. The molecule has 3 rings (SSSR count). The minimum Gasteiger partial charge on any atom is -0.301 e. The highest BCUT2D eigenvalue weighted by Crippen LogP contribution is 2.25. The smallest absolute Gasteiger partial charge is 0.250 e. The van der Waals surface area contributed by atoms with E-state index in [-0.39, 0.29) is 10.1 Å². The summed E-state index contributed by atoms with van der Waals surface area (Å²) in [6, 6.07) is 11.9. The molecule has 0 aliphatic carbocycles. The zero-order valence-electron chi connectivity index (χ0n) is 14.7. The Morgan fingerprint density at radius 1 is 1.07 bits per heavy atom. The summed E-state index contributed by atoms with van der Waals surface area (Å²) in [6.07, 6.45) is 0. The van der Waals surface area contributed by atoms with Gasteiger partial charge in [0.25, 0.3) is 10.0 Å². The van der Waals surface area contributed by atoms with Gasteiger partial charge in [-0.2, -0.15) is 4.72 Å². The molecule has 2 aromatic heterocycles. The largest absolute Gasteiger partial charge is 0.301 e. The fraction of sp³-hybridized carbons (Fsp3) is 0.222. The molecule has 27 heavy (non-hydrogen) atoms. The molecule has 0 radical (unpaired) electrons. The van der Waals surface area contributed by atoms with E-state index in [2.05, 4.69) is 15.0 Å². The Labute approximate surface area is 166 Å². The van der Waals surface area contributed by atoms with Gasteiger partial charge in [-0.05, 0) is 17.4 Å². The molecule has 1 aromatic carbocycles. The molecule has 0 aliphatic heterocycles. The van der Waals surface area contributed by atoms with Crippen LogP contribution in [0.25, 0.3) is 11.3 Å². The van der Waals surface area contributed by atoms with E-state index in [4.69, 9.17) is 0 Å². The molecule has 0 bridgehead atoms. The number of nitrogens with one attached hydrogen (secondary N) is 2. The molecule has 1 amide bonds. The summed E-state index contributed by atoms with van der Waals surface area (Å²) in [5.74, 6) is -0.660. The zero-order valence-corrected chi connectivity index (χ0v) is 17.2. The summed E-state index contributed by atoms with van der Waals surface area (Å²) in [6.45, 7) is 3.58. The number of carbonyl (C=O) groups excluding carboxylic acids is 1. The van der Waals surface area contributed by atoms with Crippen LogP contribution in [0, 0.1) is 5.92 Å². The monoisotopic (exact) mass is 421 g/mol. The minimum atomic E-state index is -3.75. The van der Waals surface area contributed by atoms with Gasteiger partial charge in [-0.25, -0.2) is 13.4 Å². The van der Waals surface area contributed by atoms with Gasteiger partial charge in [-0.15, -0.1) is 22.7 Å². The van der Waals surface area contributed by atoms with Crippen LogP contribution >= 0.6 is 22.7 Å². The highest BCUT2D eigenvalue weighted by molar-refractivity contribution is 7.91. The Hall–Kier alpha value is -2.07. The average Bonchev–Trinajstić information content (AvgIpc) is 3.32. The number of sulfonamides is 1. The summed E-state index contributed by atoms with van der Waals surface area (Å²) in [5, 5.41) is 6.69. The molecular formula is C18H19N3O3S3. The van der Waals surface area contributed by atoms with Crippen molar-refractivity contribution in [2.45, 2.75) is 24.1 Å². The second kappa shape index (κ2) is 8.30. The van der Waals surface area contributed by atoms with Crippen molar-refractivity contribution < 1.29 is 13.2 Å². The van der Waals surface area contributed by atoms with Gasteiger partial charge >= 0.3 is 0 Å². The van der Waals surface area contributed by atoms with Crippen molar-refractivity contribution in [3.63, 3.8) is 0 Å². The number of nitrogens with zero attached hydrogens (tertiary/aromatic N) is 1. The fourth-order valence-corrected chi connectivity index (χ4v) is 5.47. The van der Waals surface area contributed by atoms with Gasteiger partial charge in [0.05, 0.1) is 5.69 Å². The summed E-state index contributed by atoms with van der Waals surface area (Å²) >= 11 is 2.41. The van der Waals surface area contributed by atoms with Crippen molar-refractivity contribution in [2.75, 3.05) is 5.32 Å². The van der Waals surface area contributed by atoms with Crippen LogP contribution in [0.5, 0.6) is 0 Å². The lowest BCUT2D eigenvalue weighted by atomic mass is 10.1. The lowest BCUT2D eigenvalue weighted by molar-refractivity contribution is -0.118. The topological polar surface area (TPSA) is 88.2 Å². The van der Waals surface area contributed by atoms with E-state index >= 15 is 0 Å². The van der Waals surface area contributed by atoms with Gasteiger partial charge in [0.2, 0.25) is 5.91 Å². The van der Waals surface area contributed by atoms with E-state index < -0.39 is 22.0 Å². The summed E-state index contributed by atoms with van der Waals surface area (Å²) in [7, 11) is -3.75. The molecule has 0 saturated carbocycles. The van der Waals surface area contributed by atoms with Crippen LogP contribution in [-0.4, -0.2) is 25.4 Å². The summed E-state index contributed by atoms with van der Waals surface area (Å²) < 4.78 is 27.6. The van der Waals surface area contributed by atoms with Crippen molar-refractivity contribution >= 4 is 43.7 Å². The number of hydrogen-bond acceptors (Lipinski definition) is 6. The van der Waals surface area contributed by atoms with Crippen LogP contribution in [0.4, 0.5) is 5.13 Å². The standard InChI is InChI=1S/C18H19N3O3S3/c1-12(2)16(21-27(23,24)15-9-6-10-25-15)17(22)20-18-19-14(11-26-18)13-7-4-3-5-8-13/h3-12,16,21H,1-2H3,(H,19,20,22). The number of carbonyl (C=O) groups is 1. The molecule has 2 N–H and O–H groups in total. The summed E-state index contributed by atoms with van der Waals surface area (Å²) in [5.41, 5.74) is 1.71. The Morgan fingerprint density at radius 2 is 1.81 bits per heavy atom. The first-order valence-corrected chi connectivity index (χ1v) is 11.5. The Balaban J connectivity index is 1.74. The van der Waals surface area contributed by atoms with Crippen molar-refractivity contribution in [1.29, 1.82) is 0 Å². The Morgan fingerprint density at radius 3 is 2.44 bits per heavy atom. The maximum absolute atomic E-state index is 12.7. The molecule has 2 heterocycles. The van der Waals surface area contributed by atoms with Gasteiger partial charge < -0.3 is 5.32 Å². The van der Waals surface area contributed by atoms with Crippen LogP contribution in [0.15, 0.2) is 57.4 Å². The van der Waals surface area contributed by atoms with Gasteiger partial charge in [0.1, 0.15) is 10.3 Å². The number of thiazole rings is 1. The molecule has 0 saturated heterocycles. The third kappa shape index (κ3) is 4.81. The van der Waals surface area contributed by atoms with Gasteiger partial charge in [-0.1, -0.05) is 50.2 Å². The van der Waals surface area contributed by atoms with Crippen molar-refractivity contribution in [3.8, 4) is 11.3 Å². The number of aromatic nitrogens is 1. The van der Waals surface area contributed by atoms with Gasteiger partial charge in [-0.3, -0.25) is 4.79 Å². The molecular weight excluding hydrogens is 402 g/mol. The number of benzene rings is 1. The molecule has 142 valence electrons. The first kappa shape index (κ1) is 19.7. The second-order valence-electron chi connectivity index (χ2n) is 6.17. The van der Waals surface area contributed by atoms with E-state index in [1.54, 1.807) is 25.3 Å². The van der Waals surface area contributed by atoms with E-state index in [1.165, 1.54) is 17.4 Å². The lowest BCUT2D eigenvalue weighted by Gasteiger charge is -2.20. The number of rotatable bonds is 7. The number of anilines is 1. The predicted molar refractivity (Wildman–Crippen MR) is 109 cm³/mol. The summed E-state index contributed by atoms with van der Waals surface area (Å²) in [4.78, 5) is 17.1. The first-order valence-electron chi connectivity index (χ1n) is 8.24. The van der Waals surface area contributed by atoms with Crippen LogP contribution in [0.1, 0.15) is 13.8 Å². The van der Waals surface area contributed by atoms with E-state index in [0.29, 0.717) is 5.13 Å². The highest BCUT2D eigenvalue weighted by atomic mass is 32.2. The van der Waals surface area contributed by atoms with Crippen LogP contribution in [0.3, 0.4) is 0 Å². The Bertz CT molecular complexity index is 997. The fourth-order valence-electron chi connectivity index (χ4n) is 2.39. The molecule has 0 spiro atoms.